The van der Waals surface area contributed by atoms with E-state index >= 15 is 0 Å². The van der Waals surface area contributed by atoms with Gasteiger partial charge in [0.25, 0.3) is 0 Å². The number of aromatic nitrogens is 2. The summed E-state index contributed by atoms with van der Waals surface area (Å²) in [6, 6.07) is 16.9. The largest absolute Gasteiger partial charge is 0.382 e. The third kappa shape index (κ3) is 4.34. The summed E-state index contributed by atoms with van der Waals surface area (Å²) < 4.78 is 24.5. The van der Waals surface area contributed by atoms with E-state index in [1.165, 1.54) is 5.56 Å². The Labute approximate surface area is 163 Å². The molecule has 0 aliphatic rings. The molecule has 0 fully saturated rings. The van der Waals surface area contributed by atoms with Crippen LogP contribution in [-0.4, -0.2) is 23.6 Å². The molecule has 144 valence electrons. The number of hydrogen-bond donors (Lipinski definition) is 1. The Morgan fingerprint density at radius 1 is 1.00 bits per heavy atom. The first-order chi connectivity index (χ1) is 12.9. The topological polar surface area (TPSA) is 85.9 Å². The van der Waals surface area contributed by atoms with Crippen molar-refractivity contribution in [3.8, 4) is 11.3 Å². The van der Waals surface area contributed by atoms with Crippen LogP contribution in [0.15, 0.2) is 65.7 Å². The summed E-state index contributed by atoms with van der Waals surface area (Å²) in [5.74, 6) is 0.425. The van der Waals surface area contributed by atoms with Crippen LogP contribution in [0.5, 0.6) is 0 Å². The van der Waals surface area contributed by atoms with Gasteiger partial charge in [-0.05, 0) is 44.4 Å². The minimum atomic E-state index is -3.29. The van der Waals surface area contributed by atoms with Gasteiger partial charge in [-0.3, -0.25) is 0 Å². The predicted octanol–water partition coefficient (Wildman–Crippen LogP) is 4.19. The van der Waals surface area contributed by atoms with E-state index in [1.807, 2.05) is 18.2 Å². The Bertz CT molecular complexity index is 1030. The van der Waals surface area contributed by atoms with Crippen LogP contribution in [0.25, 0.3) is 11.3 Å². The van der Waals surface area contributed by atoms with Crippen molar-refractivity contribution in [2.75, 3.05) is 5.73 Å². The molecule has 0 unspecified atom stereocenters. The van der Waals surface area contributed by atoms with E-state index in [9.17, 15) is 8.42 Å². The van der Waals surface area contributed by atoms with Crippen LogP contribution in [0.3, 0.4) is 0 Å². The summed E-state index contributed by atoms with van der Waals surface area (Å²) in [4.78, 5) is 9.23. The van der Waals surface area contributed by atoms with E-state index in [0.29, 0.717) is 22.8 Å². The molecule has 0 aliphatic carbocycles. The van der Waals surface area contributed by atoms with Crippen LogP contribution in [0.1, 0.15) is 28.0 Å². The Kier molecular flexibility index (Phi) is 5.56. The van der Waals surface area contributed by atoms with Crippen molar-refractivity contribution in [2.24, 2.45) is 0 Å². The fraction of sp³-hybridized carbons (Fsp3) is 0.238. The lowest BCUT2D eigenvalue weighted by Crippen LogP contribution is -2.13. The van der Waals surface area contributed by atoms with Gasteiger partial charge in [0.15, 0.2) is 9.84 Å². The molecule has 5 nitrogen and oxygen atoms in total. The molecule has 2 N–H and O–H groups in total. The number of nitrogen functional groups attached to an aromatic ring is 1. The molecule has 1 heterocycles. The second kappa shape index (κ2) is 7.88. The van der Waals surface area contributed by atoms with Gasteiger partial charge < -0.3 is 5.73 Å². The molecule has 1 aromatic heterocycles. The lowest BCUT2D eigenvalue weighted by molar-refractivity contribution is 0.587. The van der Waals surface area contributed by atoms with Crippen LogP contribution in [0, 0.1) is 0 Å². The van der Waals surface area contributed by atoms with Crippen LogP contribution >= 0.6 is 0 Å². The summed E-state index contributed by atoms with van der Waals surface area (Å²) in [7, 11) is -3.29. The third-order valence-corrected chi connectivity index (χ3v) is 6.64. The summed E-state index contributed by atoms with van der Waals surface area (Å²) in [5.41, 5.74) is 9.45. The second-order valence-electron chi connectivity index (χ2n) is 6.69. The number of anilines is 1. The number of aryl methyl sites for hydroxylation is 2. The molecule has 0 spiro atoms. The number of hydrogen-bond acceptors (Lipinski definition) is 5. The van der Waals surface area contributed by atoms with Gasteiger partial charge in [-0.15, -0.1) is 0 Å². The highest BCUT2D eigenvalue weighted by atomic mass is 32.2. The van der Waals surface area contributed by atoms with Crippen LogP contribution < -0.4 is 5.73 Å². The Morgan fingerprint density at radius 3 is 2.30 bits per heavy atom. The standard InChI is InChI=1S/C21H23N3O2S.2H2/c1-15(2)27(25,26)18-11-9-17(10-12-18)20-14-23-21(22)19(24-20)13-8-16-6-4-3-5-7-16;;/h3-7,9-12,14-15H,8,13H2,1-2H3,(H2,22,23);2*1H. The quantitative estimate of drug-likeness (QED) is 0.688. The van der Waals surface area contributed by atoms with Gasteiger partial charge in [0.2, 0.25) is 0 Å². The van der Waals surface area contributed by atoms with E-state index in [1.54, 1.807) is 44.3 Å². The van der Waals surface area contributed by atoms with E-state index < -0.39 is 15.1 Å². The number of benzene rings is 2. The first-order valence-electron chi connectivity index (χ1n) is 8.87. The molecule has 6 heteroatoms. The summed E-state index contributed by atoms with van der Waals surface area (Å²) >= 11 is 0. The Morgan fingerprint density at radius 2 is 1.67 bits per heavy atom. The fourth-order valence-electron chi connectivity index (χ4n) is 2.75. The van der Waals surface area contributed by atoms with E-state index in [-0.39, 0.29) is 2.85 Å². The maximum Gasteiger partial charge on any atom is 0.180 e. The molecule has 0 saturated carbocycles. The smallest absolute Gasteiger partial charge is 0.180 e. The minimum absolute atomic E-state index is 0. The zero-order valence-electron chi connectivity index (χ0n) is 15.5. The molecule has 0 saturated heterocycles. The maximum atomic E-state index is 12.3. The van der Waals surface area contributed by atoms with E-state index in [0.717, 1.165) is 17.7 Å². The maximum absolute atomic E-state index is 12.3. The van der Waals surface area contributed by atoms with Crippen molar-refractivity contribution in [1.29, 1.82) is 0 Å². The molecule has 0 aliphatic heterocycles. The summed E-state index contributed by atoms with van der Waals surface area (Å²) in [6.45, 7) is 3.35. The van der Waals surface area contributed by atoms with Crippen molar-refractivity contribution in [1.82, 2.24) is 9.97 Å². The fourth-order valence-corrected chi connectivity index (χ4v) is 3.81. The Hall–Kier alpha value is -2.73. The predicted molar refractivity (Wildman–Crippen MR) is 112 cm³/mol. The van der Waals surface area contributed by atoms with Crippen molar-refractivity contribution < 1.29 is 11.3 Å². The first kappa shape index (κ1) is 19.0. The highest BCUT2D eigenvalue weighted by Crippen LogP contribution is 2.23. The summed E-state index contributed by atoms with van der Waals surface area (Å²) in [5, 5.41) is -0.454. The van der Waals surface area contributed by atoms with Crippen LogP contribution in [0.2, 0.25) is 0 Å². The number of nitrogens with two attached hydrogens (primary N) is 1. The monoisotopic (exact) mass is 385 g/mol. The Balaban J connectivity index is 0.00000210. The third-order valence-electron chi connectivity index (χ3n) is 4.47. The minimum Gasteiger partial charge on any atom is -0.382 e. The highest BCUT2D eigenvalue weighted by molar-refractivity contribution is 7.92. The molecule has 0 atom stereocenters. The van der Waals surface area contributed by atoms with Gasteiger partial charge in [0.1, 0.15) is 5.82 Å². The average Bonchev–Trinajstić information content (AvgIpc) is 2.68. The normalized spacial score (nSPS) is 11.7. The van der Waals surface area contributed by atoms with Gasteiger partial charge in [-0.1, -0.05) is 42.5 Å². The molecule has 0 bridgehead atoms. The van der Waals surface area contributed by atoms with Crippen molar-refractivity contribution in [2.45, 2.75) is 36.8 Å². The molecular formula is C21H27N3O2S. The second-order valence-corrected chi connectivity index (χ2v) is 9.20. The van der Waals surface area contributed by atoms with Gasteiger partial charge >= 0.3 is 0 Å². The lowest BCUT2D eigenvalue weighted by Gasteiger charge is -2.10. The number of sulfone groups is 1. The first-order valence-corrected chi connectivity index (χ1v) is 10.4. The number of rotatable bonds is 6. The van der Waals surface area contributed by atoms with Crippen LogP contribution in [0.4, 0.5) is 5.82 Å². The highest BCUT2D eigenvalue weighted by Gasteiger charge is 2.19. The SMILES string of the molecule is CC(C)S(=O)(=O)c1ccc(-c2cnc(N)c(CCc3ccccc3)n2)cc1.[HH].[HH]. The lowest BCUT2D eigenvalue weighted by atomic mass is 10.1. The molecule has 2 aromatic carbocycles. The van der Waals surface area contributed by atoms with Crippen molar-refractivity contribution in [3.05, 3.63) is 72.1 Å². The van der Waals surface area contributed by atoms with Crippen molar-refractivity contribution >= 4 is 15.7 Å². The van der Waals surface area contributed by atoms with Gasteiger partial charge in [0, 0.05) is 8.42 Å². The zero-order valence-corrected chi connectivity index (χ0v) is 16.3. The molecule has 3 aromatic rings. The van der Waals surface area contributed by atoms with Crippen LogP contribution in [-0.2, 0) is 22.7 Å². The van der Waals surface area contributed by atoms with Gasteiger partial charge in [0.05, 0.1) is 27.7 Å². The van der Waals surface area contributed by atoms with E-state index in [4.69, 9.17) is 5.73 Å². The molecule has 27 heavy (non-hydrogen) atoms. The average molecular weight is 386 g/mol. The zero-order chi connectivity index (χ0) is 19.4. The molecular weight excluding hydrogens is 358 g/mol. The molecule has 0 amide bonds. The number of nitrogens with zero attached hydrogens (tertiary/aromatic N) is 2. The van der Waals surface area contributed by atoms with Gasteiger partial charge in [-0.25, -0.2) is 18.4 Å². The van der Waals surface area contributed by atoms with Crippen molar-refractivity contribution in [3.63, 3.8) is 0 Å². The summed E-state index contributed by atoms with van der Waals surface area (Å²) in [6.07, 6.45) is 3.14. The molecule has 0 radical (unpaired) electrons. The van der Waals surface area contributed by atoms with E-state index in [2.05, 4.69) is 22.1 Å². The molecule has 3 rings (SSSR count). The van der Waals surface area contributed by atoms with Gasteiger partial charge in [-0.2, -0.15) is 0 Å².